The molecule has 0 bridgehead atoms. The summed E-state index contributed by atoms with van der Waals surface area (Å²) in [5.41, 5.74) is 3.46. The number of aromatic carboxylic acids is 1. The van der Waals surface area contributed by atoms with Gasteiger partial charge in [0.15, 0.2) is 0 Å². The summed E-state index contributed by atoms with van der Waals surface area (Å²) in [7, 11) is 0. The van der Waals surface area contributed by atoms with Gasteiger partial charge in [0.25, 0.3) is 0 Å². The van der Waals surface area contributed by atoms with Crippen molar-refractivity contribution >= 4 is 17.5 Å². The smallest absolute Gasteiger partial charge is 0.335 e. The summed E-state index contributed by atoms with van der Waals surface area (Å²) in [6.07, 6.45) is 4.87. The maximum Gasteiger partial charge on any atom is 0.335 e. The Bertz CT molecular complexity index is 1140. The van der Waals surface area contributed by atoms with Crippen LogP contribution in [0.3, 0.4) is 0 Å². The number of pyridine rings is 1. The Kier molecular flexibility index (Phi) is 6.38. The summed E-state index contributed by atoms with van der Waals surface area (Å²) in [5, 5.41) is 21.3. The van der Waals surface area contributed by atoms with Gasteiger partial charge >= 0.3 is 5.97 Å². The average Bonchev–Trinajstić information content (AvgIpc) is 2.80. The molecule has 0 radical (unpaired) electrons. The van der Waals surface area contributed by atoms with E-state index in [1.807, 2.05) is 31.2 Å². The number of benzene rings is 1. The van der Waals surface area contributed by atoms with Gasteiger partial charge in [-0.15, -0.1) is 0 Å². The van der Waals surface area contributed by atoms with Crippen molar-refractivity contribution in [2.45, 2.75) is 38.8 Å². The molecule has 1 aliphatic heterocycles. The van der Waals surface area contributed by atoms with E-state index in [0.717, 1.165) is 49.3 Å². The maximum absolute atomic E-state index is 11.1. The molecule has 8 nitrogen and oxygen atoms in total. The number of hydrogen-bond acceptors (Lipinski definition) is 7. The van der Waals surface area contributed by atoms with Gasteiger partial charge in [-0.1, -0.05) is 18.6 Å². The molecule has 0 unspecified atom stereocenters. The van der Waals surface area contributed by atoms with Crippen molar-refractivity contribution in [2.75, 3.05) is 11.9 Å². The highest BCUT2D eigenvalue weighted by molar-refractivity contribution is 5.87. The molecule has 2 N–H and O–H groups in total. The number of piperidine rings is 1. The van der Waals surface area contributed by atoms with E-state index in [2.05, 4.69) is 20.2 Å². The maximum atomic E-state index is 11.1. The van der Waals surface area contributed by atoms with E-state index in [1.165, 1.54) is 0 Å². The largest absolute Gasteiger partial charge is 0.478 e. The van der Waals surface area contributed by atoms with Crippen LogP contribution < -0.4 is 5.32 Å². The lowest BCUT2D eigenvalue weighted by atomic mass is 9.98. The van der Waals surface area contributed by atoms with Crippen LogP contribution in [-0.2, 0) is 6.54 Å². The molecule has 1 fully saturated rings. The number of aromatic nitrogens is 3. The van der Waals surface area contributed by atoms with E-state index in [-0.39, 0.29) is 6.04 Å². The molecule has 2 aromatic heterocycles. The number of nitrogens with one attached hydrogen (secondary N) is 1. The molecule has 0 spiro atoms. The van der Waals surface area contributed by atoms with Crippen LogP contribution in [0.2, 0.25) is 0 Å². The molecule has 0 amide bonds. The van der Waals surface area contributed by atoms with Crippen LogP contribution in [0.5, 0.6) is 0 Å². The van der Waals surface area contributed by atoms with E-state index < -0.39 is 5.97 Å². The standard InChI is InChI=1S/C24H24N6O2/c1-16-27-21(12-23(28-16)29-20-10-9-19(13-25)26-14-20)22-4-2-3-11-30(22)15-17-5-7-18(8-6-17)24(31)32/h5-10,12,14,22H,2-4,11,15H2,1H3,(H,31,32)(H,27,28,29)/t22-/m1/s1. The third-order valence-corrected chi connectivity index (χ3v) is 5.55. The third kappa shape index (κ3) is 5.07. The molecular formula is C24H24N6O2. The molecule has 0 aliphatic carbocycles. The first kappa shape index (κ1) is 21.4. The van der Waals surface area contributed by atoms with Crippen LogP contribution in [0.4, 0.5) is 11.5 Å². The highest BCUT2D eigenvalue weighted by atomic mass is 16.4. The van der Waals surface area contributed by atoms with Gasteiger partial charge in [-0.25, -0.2) is 19.7 Å². The summed E-state index contributed by atoms with van der Waals surface area (Å²) < 4.78 is 0. The number of carbonyl (C=O) groups is 1. The number of carboxylic acid groups (broad SMARTS) is 1. The number of likely N-dealkylation sites (tertiary alicyclic amines) is 1. The van der Waals surface area contributed by atoms with Crippen molar-refractivity contribution < 1.29 is 9.90 Å². The van der Waals surface area contributed by atoms with Crippen molar-refractivity contribution in [3.05, 3.63) is 77.0 Å². The highest BCUT2D eigenvalue weighted by Crippen LogP contribution is 2.32. The second kappa shape index (κ2) is 9.54. The van der Waals surface area contributed by atoms with Crippen LogP contribution in [0.25, 0.3) is 0 Å². The summed E-state index contributed by atoms with van der Waals surface area (Å²) in [5.74, 6) is 0.458. The number of anilines is 2. The second-order valence-corrected chi connectivity index (χ2v) is 7.88. The van der Waals surface area contributed by atoms with Gasteiger partial charge < -0.3 is 10.4 Å². The summed E-state index contributed by atoms with van der Waals surface area (Å²) in [4.78, 5) is 26.8. The van der Waals surface area contributed by atoms with Gasteiger partial charge in [0.2, 0.25) is 0 Å². The fraction of sp³-hybridized carbons (Fsp3) is 0.292. The number of nitrogens with zero attached hydrogens (tertiary/aromatic N) is 5. The number of carboxylic acids is 1. The van der Waals surface area contributed by atoms with Gasteiger partial charge in [-0.2, -0.15) is 5.26 Å². The van der Waals surface area contributed by atoms with Crippen molar-refractivity contribution in [3.63, 3.8) is 0 Å². The van der Waals surface area contributed by atoms with Gasteiger partial charge in [-0.3, -0.25) is 4.90 Å². The normalized spacial score (nSPS) is 16.3. The molecule has 3 heterocycles. The van der Waals surface area contributed by atoms with E-state index in [4.69, 9.17) is 15.4 Å². The Morgan fingerprint density at radius 1 is 1.22 bits per heavy atom. The minimum Gasteiger partial charge on any atom is -0.478 e. The molecule has 3 aromatic rings. The average molecular weight is 428 g/mol. The molecule has 162 valence electrons. The zero-order valence-corrected chi connectivity index (χ0v) is 17.8. The fourth-order valence-electron chi connectivity index (χ4n) is 4.01. The van der Waals surface area contributed by atoms with Crippen LogP contribution >= 0.6 is 0 Å². The lowest BCUT2D eigenvalue weighted by Gasteiger charge is -2.35. The molecule has 1 saturated heterocycles. The second-order valence-electron chi connectivity index (χ2n) is 7.88. The summed E-state index contributed by atoms with van der Waals surface area (Å²) >= 11 is 0. The molecule has 32 heavy (non-hydrogen) atoms. The number of hydrogen-bond donors (Lipinski definition) is 2. The molecule has 4 rings (SSSR count). The molecule has 8 heteroatoms. The molecule has 1 atom stereocenters. The first-order chi connectivity index (χ1) is 15.5. The Balaban J connectivity index is 1.54. The van der Waals surface area contributed by atoms with Crippen molar-refractivity contribution in [2.24, 2.45) is 0 Å². The van der Waals surface area contributed by atoms with Gasteiger partial charge in [0.05, 0.1) is 29.2 Å². The quantitative estimate of drug-likeness (QED) is 0.600. The number of nitriles is 1. The van der Waals surface area contributed by atoms with Gasteiger partial charge in [-0.05, 0) is 56.1 Å². The first-order valence-electron chi connectivity index (χ1n) is 10.6. The monoisotopic (exact) mass is 428 g/mol. The lowest BCUT2D eigenvalue weighted by Crippen LogP contribution is -2.33. The topological polar surface area (TPSA) is 115 Å². The molecule has 0 saturated carbocycles. The van der Waals surface area contributed by atoms with Crippen molar-refractivity contribution in [1.29, 1.82) is 5.26 Å². The third-order valence-electron chi connectivity index (χ3n) is 5.55. The van der Waals surface area contributed by atoms with Crippen molar-refractivity contribution in [1.82, 2.24) is 19.9 Å². The summed E-state index contributed by atoms with van der Waals surface area (Å²) in [6, 6.07) is 14.7. The number of rotatable bonds is 6. The Morgan fingerprint density at radius 2 is 2.03 bits per heavy atom. The zero-order valence-electron chi connectivity index (χ0n) is 17.8. The predicted molar refractivity (Wildman–Crippen MR) is 119 cm³/mol. The minimum absolute atomic E-state index is 0.157. The van der Waals surface area contributed by atoms with E-state index in [0.29, 0.717) is 22.9 Å². The van der Waals surface area contributed by atoms with Gasteiger partial charge in [0, 0.05) is 12.6 Å². The molecule has 1 aliphatic rings. The van der Waals surface area contributed by atoms with E-state index in [9.17, 15) is 4.79 Å². The predicted octanol–water partition coefficient (Wildman–Crippen LogP) is 4.22. The van der Waals surface area contributed by atoms with E-state index in [1.54, 1.807) is 30.5 Å². The SMILES string of the molecule is Cc1nc(Nc2ccc(C#N)nc2)cc([C@H]2CCCCN2Cc2ccc(C(=O)O)cc2)n1. The highest BCUT2D eigenvalue weighted by Gasteiger charge is 2.26. The van der Waals surface area contributed by atoms with Gasteiger partial charge in [0.1, 0.15) is 23.4 Å². The van der Waals surface area contributed by atoms with Crippen LogP contribution in [-0.4, -0.2) is 37.5 Å². The minimum atomic E-state index is -0.915. The first-order valence-corrected chi connectivity index (χ1v) is 10.6. The lowest BCUT2D eigenvalue weighted by molar-refractivity contribution is 0.0697. The fourth-order valence-corrected chi connectivity index (χ4v) is 4.01. The zero-order chi connectivity index (χ0) is 22.5. The van der Waals surface area contributed by atoms with Crippen LogP contribution in [0, 0.1) is 18.3 Å². The van der Waals surface area contributed by atoms with Crippen LogP contribution in [0.15, 0.2) is 48.7 Å². The Morgan fingerprint density at radius 3 is 2.72 bits per heavy atom. The summed E-state index contributed by atoms with van der Waals surface area (Å²) in [6.45, 7) is 3.57. The van der Waals surface area contributed by atoms with Crippen LogP contribution in [0.1, 0.15) is 58.4 Å². The number of aryl methyl sites for hydroxylation is 1. The van der Waals surface area contributed by atoms with Crippen molar-refractivity contribution in [3.8, 4) is 6.07 Å². The molecule has 1 aromatic carbocycles. The Labute approximate surface area is 186 Å². The molecular weight excluding hydrogens is 404 g/mol. The van der Waals surface area contributed by atoms with E-state index >= 15 is 0 Å². The Hall–Kier alpha value is -3.83.